The topological polar surface area (TPSA) is 72.0 Å². The van der Waals surface area contributed by atoms with Gasteiger partial charge in [-0.2, -0.15) is 0 Å². The van der Waals surface area contributed by atoms with E-state index in [1.165, 1.54) is 6.20 Å². The van der Waals surface area contributed by atoms with Gasteiger partial charge in [-0.05, 0) is 19.4 Å². The Hall–Kier alpha value is -2.57. The standard InChI is InChI=1S/C16H22FN3O3/c1-4-18-15(19-14(10-17)20-16(21)22-5-2)23-11-13-8-6-12(3)7-9-13/h4,6-9,14H,1,5,10-11H2,2-3H3,(H,18,19)(H,20,21)/t14-/m0/s1. The van der Waals surface area contributed by atoms with Crippen molar-refractivity contribution in [3.05, 3.63) is 48.2 Å². The summed E-state index contributed by atoms with van der Waals surface area (Å²) < 4.78 is 23.2. The van der Waals surface area contributed by atoms with Crippen LogP contribution in [-0.2, 0) is 16.1 Å². The van der Waals surface area contributed by atoms with Crippen molar-refractivity contribution in [2.45, 2.75) is 26.6 Å². The lowest BCUT2D eigenvalue weighted by molar-refractivity contribution is 0.143. The molecule has 6 nitrogen and oxygen atoms in total. The maximum absolute atomic E-state index is 13.0. The van der Waals surface area contributed by atoms with Crippen molar-refractivity contribution in [2.24, 2.45) is 4.99 Å². The summed E-state index contributed by atoms with van der Waals surface area (Å²) in [5, 5.41) is 4.96. The van der Waals surface area contributed by atoms with Gasteiger partial charge in [-0.3, -0.25) is 5.32 Å². The highest BCUT2D eigenvalue weighted by atomic mass is 19.1. The first kappa shape index (κ1) is 18.5. The highest BCUT2D eigenvalue weighted by Crippen LogP contribution is 2.04. The second kappa shape index (κ2) is 10.2. The molecular formula is C16H22FN3O3. The summed E-state index contributed by atoms with van der Waals surface area (Å²) in [6.07, 6.45) is -0.471. The van der Waals surface area contributed by atoms with Crippen molar-refractivity contribution < 1.29 is 18.7 Å². The summed E-state index contributed by atoms with van der Waals surface area (Å²) in [7, 11) is 0. The molecule has 1 amide bonds. The third kappa shape index (κ3) is 7.30. The number of ether oxygens (including phenoxy) is 2. The van der Waals surface area contributed by atoms with Crippen molar-refractivity contribution >= 4 is 12.1 Å². The number of hydrogen-bond donors (Lipinski definition) is 2. The molecule has 0 aliphatic heterocycles. The van der Waals surface area contributed by atoms with Gasteiger partial charge >= 0.3 is 6.09 Å². The predicted molar refractivity (Wildman–Crippen MR) is 86.7 cm³/mol. The Morgan fingerprint density at radius 3 is 2.61 bits per heavy atom. The molecular weight excluding hydrogens is 301 g/mol. The number of carbonyl (C=O) groups is 1. The minimum absolute atomic E-state index is 0.0556. The molecule has 0 bridgehead atoms. The second-order valence-corrected chi connectivity index (χ2v) is 4.61. The fraction of sp³-hybridized carbons (Fsp3) is 0.375. The smallest absolute Gasteiger partial charge is 0.408 e. The Bertz CT molecular complexity index is 532. The summed E-state index contributed by atoms with van der Waals surface area (Å²) in [6, 6.07) is 7.82. The number of aryl methyl sites for hydroxylation is 1. The van der Waals surface area contributed by atoms with Crippen molar-refractivity contribution in [1.82, 2.24) is 10.6 Å². The molecule has 2 N–H and O–H groups in total. The maximum atomic E-state index is 13.0. The Balaban J connectivity index is 2.59. The van der Waals surface area contributed by atoms with Gasteiger partial charge in [0.2, 0.25) is 0 Å². The van der Waals surface area contributed by atoms with Gasteiger partial charge in [0, 0.05) is 6.20 Å². The molecule has 0 spiro atoms. The van der Waals surface area contributed by atoms with E-state index in [4.69, 9.17) is 9.47 Å². The van der Waals surface area contributed by atoms with Crippen molar-refractivity contribution in [2.75, 3.05) is 13.3 Å². The molecule has 1 aromatic rings. The number of halogens is 1. The Labute approximate surface area is 135 Å². The number of amidine groups is 1. The van der Waals surface area contributed by atoms with Gasteiger partial charge in [0.15, 0.2) is 0 Å². The van der Waals surface area contributed by atoms with E-state index in [-0.39, 0.29) is 19.2 Å². The van der Waals surface area contributed by atoms with E-state index in [1.54, 1.807) is 6.92 Å². The minimum atomic E-state index is -1.01. The van der Waals surface area contributed by atoms with Crippen LogP contribution in [0.15, 0.2) is 42.0 Å². The molecule has 23 heavy (non-hydrogen) atoms. The number of rotatable bonds is 7. The zero-order chi connectivity index (χ0) is 17.1. The summed E-state index contributed by atoms with van der Waals surface area (Å²) in [5.74, 6) is 0. The number of benzene rings is 1. The van der Waals surface area contributed by atoms with Gasteiger partial charge in [0.25, 0.3) is 6.02 Å². The molecule has 1 aromatic carbocycles. The van der Waals surface area contributed by atoms with Crippen LogP contribution in [-0.4, -0.2) is 31.6 Å². The molecule has 0 heterocycles. The number of nitrogens with zero attached hydrogens (tertiary/aromatic N) is 1. The third-order valence-electron chi connectivity index (χ3n) is 2.72. The molecule has 0 saturated carbocycles. The molecule has 1 atom stereocenters. The summed E-state index contributed by atoms with van der Waals surface area (Å²) >= 11 is 0. The lowest BCUT2D eigenvalue weighted by atomic mass is 10.2. The monoisotopic (exact) mass is 323 g/mol. The van der Waals surface area contributed by atoms with Crippen molar-refractivity contribution in [3.8, 4) is 0 Å². The molecule has 0 fully saturated rings. The summed E-state index contributed by atoms with van der Waals surface area (Å²) in [5.41, 5.74) is 2.08. The average Bonchev–Trinajstić information content (AvgIpc) is 2.53. The molecule has 126 valence electrons. The number of amides is 1. The fourth-order valence-corrected chi connectivity index (χ4v) is 1.61. The van der Waals surface area contributed by atoms with Gasteiger partial charge in [-0.15, -0.1) is 0 Å². The summed E-state index contributed by atoms with van der Waals surface area (Å²) in [4.78, 5) is 15.2. The van der Waals surface area contributed by atoms with Gasteiger partial charge in [0.1, 0.15) is 19.4 Å². The number of carbonyl (C=O) groups excluding carboxylic acids is 1. The molecule has 0 aliphatic carbocycles. The van der Waals surface area contributed by atoms with E-state index >= 15 is 0 Å². The lowest BCUT2D eigenvalue weighted by Gasteiger charge is -2.19. The molecule has 0 aliphatic rings. The first-order chi connectivity index (χ1) is 11.1. The van der Waals surface area contributed by atoms with Crippen LogP contribution >= 0.6 is 0 Å². The van der Waals surface area contributed by atoms with Crippen LogP contribution in [0.2, 0.25) is 0 Å². The largest absolute Gasteiger partial charge is 0.460 e. The average molecular weight is 323 g/mol. The number of alkyl halides is 1. The van der Waals surface area contributed by atoms with E-state index in [1.807, 2.05) is 31.2 Å². The van der Waals surface area contributed by atoms with Crippen LogP contribution in [0.25, 0.3) is 0 Å². The first-order valence-electron chi connectivity index (χ1n) is 7.21. The van der Waals surface area contributed by atoms with Gasteiger partial charge in [-0.1, -0.05) is 36.4 Å². The Morgan fingerprint density at radius 2 is 2.04 bits per heavy atom. The minimum Gasteiger partial charge on any atom is -0.460 e. The predicted octanol–water partition coefficient (Wildman–Crippen LogP) is 2.64. The van der Waals surface area contributed by atoms with E-state index < -0.39 is 18.9 Å². The maximum Gasteiger partial charge on any atom is 0.408 e. The third-order valence-corrected chi connectivity index (χ3v) is 2.72. The summed E-state index contributed by atoms with van der Waals surface area (Å²) in [6.45, 7) is 6.71. The zero-order valence-corrected chi connectivity index (χ0v) is 13.3. The Kier molecular flexibility index (Phi) is 8.20. The molecule has 0 saturated heterocycles. The highest BCUT2D eigenvalue weighted by Gasteiger charge is 2.15. The van der Waals surface area contributed by atoms with Crippen LogP contribution < -0.4 is 10.6 Å². The molecule has 0 radical (unpaired) electrons. The number of nitrogens with one attached hydrogen (secondary N) is 2. The molecule has 0 unspecified atom stereocenters. The van der Waals surface area contributed by atoms with Crippen LogP contribution in [0.5, 0.6) is 0 Å². The Morgan fingerprint density at radius 1 is 1.35 bits per heavy atom. The van der Waals surface area contributed by atoms with Crippen LogP contribution in [0.3, 0.4) is 0 Å². The highest BCUT2D eigenvalue weighted by molar-refractivity contribution is 5.75. The van der Waals surface area contributed by atoms with Crippen LogP contribution in [0, 0.1) is 6.92 Å². The SMILES string of the molecule is C=C/N=C(\N[C@H](CF)NC(=O)OCC)OCc1ccc(C)cc1. The van der Waals surface area contributed by atoms with E-state index in [2.05, 4.69) is 22.2 Å². The lowest BCUT2D eigenvalue weighted by Crippen LogP contribution is -2.50. The number of aliphatic imine (C=N–C) groups is 1. The normalized spacial score (nSPS) is 12.2. The van der Waals surface area contributed by atoms with Crippen molar-refractivity contribution in [3.63, 3.8) is 0 Å². The molecule has 0 aromatic heterocycles. The van der Waals surface area contributed by atoms with Gasteiger partial charge < -0.3 is 14.8 Å². The van der Waals surface area contributed by atoms with Crippen molar-refractivity contribution in [1.29, 1.82) is 0 Å². The van der Waals surface area contributed by atoms with Crippen LogP contribution in [0.4, 0.5) is 9.18 Å². The first-order valence-corrected chi connectivity index (χ1v) is 7.21. The fourth-order valence-electron chi connectivity index (χ4n) is 1.61. The van der Waals surface area contributed by atoms with E-state index in [0.29, 0.717) is 0 Å². The quantitative estimate of drug-likeness (QED) is 0.460. The van der Waals surface area contributed by atoms with E-state index in [9.17, 15) is 9.18 Å². The van der Waals surface area contributed by atoms with Gasteiger partial charge in [0.05, 0.1) is 6.61 Å². The van der Waals surface area contributed by atoms with Crippen LogP contribution in [0.1, 0.15) is 18.1 Å². The molecule has 7 heteroatoms. The number of alkyl carbamates (subject to hydrolysis) is 1. The number of hydrogen-bond acceptors (Lipinski definition) is 4. The zero-order valence-electron chi connectivity index (χ0n) is 13.3. The van der Waals surface area contributed by atoms with E-state index in [0.717, 1.165) is 11.1 Å². The molecule has 1 rings (SSSR count). The van der Waals surface area contributed by atoms with Gasteiger partial charge in [-0.25, -0.2) is 14.2 Å². The second-order valence-electron chi connectivity index (χ2n) is 4.61.